The number of anilines is 1. The number of hydrogen-bond donors (Lipinski definition) is 1. The predicted molar refractivity (Wildman–Crippen MR) is 103 cm³/mol. The molecule has 0 radical (unpaired) electrons. The quantitative estimate of drug-likeness (QED) is 0.615. The van der Waals surface area contributed by atoms with Crippen LogP contribution in [0.2, 0.25) is 5.02 Å². The summed E-state index contributed by atoms with van der Waals surface area (Å²) in [5.41, 5.74) is 0.743. The average Bonchev–Trinajstić information content (AvgIpc) is 2.93. The summed E-state index contributed by atoms with van der Waals surface area (Å²) in [4.78, 5) is 50.4. The highest BCUT2D eigenvalue weighted by Gasteiger charge is 2.37. The monoisotopic (exact) mass is 400 g/mol. The van der Waals surface area contributed by atoms with E-state index in [-0.39, 0.29) is 16.7 Å². The van der Waals surface area contributed by atoms with Crippen molar-refractivity contribution in [1.82, 2.24) is 5.32 Å². The molecule has 3 rings (SSSR count). The molecule has 2 aromatic carbocycles. The first kappa shape index (κ1) is 19.6. The number of esters is 1. The Kier molecular flexibility index (Phi) is 5.46. The normalized spacial score (nSPS) is 13.9. The molecular weight excluding hydrogens is 384 g/mol. The Hall–Kier alpha value is -3.19. The van der Waals surface area contributed by atoms with Crippen LogP contribution in [0.1, 0.15) is 44.9 Å². The highest BCUT2D eigenvalue weighted by Crippen LogP contribution is 2.30. The second kappa shape index (κ2) is 7.82. The summed E-state index contributed by atoms with van der Waals surface area (Å²) in [5, 5.41) is 3.03. The smallest absolute Gasteiger partial charge is 0.338 e. The van der Waals surface area contributed by atoms with Crippen molar-refractivity contribution < 1.29 is 23.9 Å². The van der Waals surface area contributed by atoms with Crippen LogP contribution in [-0.2, 0) is 9.53 Å². The standard InChI is InChI=1S/C20H17ClN2O5/c1-3-22-17(24)11(2)28-20(27)12-4-9-15-16(10-12)19(26)23(18(15)25)14-7-5-13(21)6-8-14/h4-11H,3H2,1-2H3,(H,22,24)/t11-/m1/s1. The number of fused-ring (bicyclic) bond motifs is 1. The number of benzene rings is 2. The molecule has 0 unspecified atom stereocenters. The van der Waals surface area contributed by atoms with Crippen LogP contribution >= 0.6 is 11.6 Å². The molecule has 0 aliphatic carbocycles. The highest BCUT2D eigenvalue weighted by molar-refractivity contribution is 6.35. The number of imide groups is 1. The second-order valence-corrected chi connectivity index (χ2v) is 6.56. The molecule has 1 N–H and O–H groups in total. The number of ether oxygens (including phenoxy) is 1. The van der Waals surface area contributed by atoms with Gasteiger partial charge in [-0.15, -0.1) is 0 Å². The number of carbonyl (C=O) groups excluding carboxylic acids is 4. The van der Waals surface area contributed by atoms with Crippen LogP contribution in [0.15, 0.2) is 42.5 Å². The number of hydrogen-bond acceptors (Lipinski definition) is 5. The maximum Gasteiger partial charge on any atom is 0.338 e. The molecule has 2 aromatic rings. The second-order valence-electron chi connectivity index (χ2n) is 6.12. The first-order valence-corrected chi connectivity index (χ1v) is 8.98. The van der Waals surface area contributed by atoms with Crippen molar-refractivity contribution in [1.29, 1.82) is 0 Å². The fourth-order valence-corrected chi connectivity index (χ4v) is 2.92. The van der Waals surface area contributed by atoms with E-state index in [2.05, 4.69) is 5.32 Å². The lowest BCUT2D eigenvalue weighted by molar-refractivity contribution is -0.128. The molecule has 1 heterocycles. The molecule has 0 aromatic heterocycles. The van der Waals surface area contributed by atoms with Crippen molar-refractivity contribution in [3.8, 4) is 0 Å². The lowest BCUT2D eigenvalue weighted by Gasteiger charge is -2.13. The summed E-state index contributed by atoms with van der Waals surface area (Å²) < 4.78 is 5.12. The summed E-state index contributed by atoms with van der Waals surface area (Å²) in [7, 11) is 0. The molecule has 28 heavy (non-hydrogen) atoms. The first-order chi connectivity index (χ1) is 13.3. The number of carbonyl (C=O) groups is 4. The topological polar surface area (TPSA) is 92.8 Å². The van der Waals surface area contributed by atoms with E-state index in [0.717, 1.165) is 4.90 Å². The van der Waals surface area contributed by atoms with Crippen LogP contribution in [-0.4, -0.2) is 36.3 Å². The minimum Gasteiger partial charge on any atom is -0.449 e. The maximum absolute atomic E-state index is 12.7. The number of halogens is 1. The van der Waals surface area contributed by atoms with E-state index >= 15 is 0 Å². The maximum atomic E-state index is 12.7. The molecule has 1 aliphatic heterocycles. The summed E-state index contributed by atoms with van der Waals surface area (Å²) in [6, 6.07) is 10.4. The van der Waals surface area contributed by atoms with Gasteiger partial charge in [0.05, 0.1) is 22.4 Å². The molecule has 144 valence electrons. The Morgan fingerprint density at radius 2 is 1.71 bits per heavy atom. The zero-order valence-electron chi connectivity index (χ0n) is 15.2. The molecule has 8 heteroatoms. The van der Waals surface area contributed by atoms with E-state index in [1.807, 2.05) is 0 Å². The van der Waals surface area contributed by atoms with Gasteiger partial charge in [-0.25, -0.2) is 9.69 Å². The lowest BCUT2D eigenvalue weighted by Crippen LogP contribution is -2.35. The van der Waals surface area contributed by atoms with E-state index in [1.54, 1.807) is 31.2 Å². The molecule has 0 bridgehead atoms. The van der Waals surface area contributed by atoms with Crippen molar-refractivity contribution >= 4 is 41.0 Å². The highest BCUT2D eigenvalue weighted by atomic mass is 35.5. The minimum atomic E-state index is -0.983. The summed E-state index contributed by atoms with van der Waals surface area (Å²) in [5.74, 6) is -2.21. The van der Waals surface area contributed by atoms with Crippen LogP contribution in [0.4, 0.5) is 5.69 Å². The Bertz CT molecular complexity index is 971. The number of nitrogens with one attached hydrogen (secondary N) is 1. The number of likely N-dealkylation sites (N-methyl/N-ethyl adjacent to an activating group) is 1. The van der Waals surface area contributed by atoms with E-state index in [1.165, 1.54) is 25.1 Å². The average molecular weight is 401 g/mol. The van der Waals surface area contributed by atoms with Crippen LogP contribution < -0.4 is 10.2 Å². The number of amides is 3. The van der Waals surface area contributed by atoms with Gasteiger partial charge in [-0.3, -0.25) is 14.4 Å². The Morgan fingerprint density at radius 3 is 2.36 bits per heavy atom. The molecular formula is C20H17ClN2O5. The van der Waals surface area contributed by atoms with Crippen LogP contribution in [0.25, 0.3) is 0 Å². The van der Waals surface area contributed by atoms with E-state index in [0.29, 0.717) is 17.3 Å². The van der Waals surface area contributed by atoms with Gasteiger partial charge in [-0.1, -0.05) is 11.6 Å². The summed E-state index contributed by atoms with van der Waals surface area (Å²) in [6.07, 6.45) is -0.983. The van der Waals surface area contributed by atoms with Gasteiger partial charge in [0.15, 0.2) is 6.10 Å². The summed E-state index contributed by atoms with van der Waals surface area (Å²) in [6.45, 7) is 3.62. The number of nitrogens with zero attached hydrogens (tertiary/aromatic N) is 1. The van der Waals surface area contributed by atoms with Gasteiger partial charge in [0.1, 0.15) is 0 Å². The zero-order valence-corrected chi connectivity index (χ0v) is 15.9. The number of rotatable bonds is 5. The van der Waals surface area contributed by atoms with E-state index in [4.69, 9.17) is 16.3 Å². The van der Waals surface area contributed by atoms with Gasteiger partial charge in [0.25, 0.3) is 17.7 Å². The van der Waals surface area contributed by atoms with E-state index in [9.17, 15) is 19.2 Å². The largest absolute Gasteiger partial charge is 0.449 e. The van der Waals surface area contributed by atoms with Gasteiger partial charge < -0.3 is 10.1 Å². The molecule has 0 fully saturated rings. The van der Waals surface area contributed by atoms with Crippen molar-refractivity contribution in [2.45, 2.75) is 20.0 Å². The lowest BCUT2D eigenvalue weighted by atomic mass is 10.1. The van der Waals surface area contributed by atoms with Crippen molar-refractivity contribution in [3.63, 3.8) is 0 Å². The fourth-order valence-electron chi connectivity index (χ4n) is 2.79. The molecule has 0 spiro atoms. The van der Waals surface area contributed by atoms with Crippen molar-refractivity contribution in [3.05, 3.63) is 64.2 Å². The predicted octanol–water partition coefficient (Wildman–Crippen LogP) is 2.82. The third-order valence-corrected chi connectivity index (χ3v) is 4.46. The van der Waals surface area contributed by atoms with Crippen LogP contribution in [0.5, 0.6) is 0 Å². The van der Waals surface area contributed by atoms with Gasteiger partial charge in [-0.05, 0) is 56.3 Å². The summed E-state index contributed by atoms with van der Waals surface area (Å²) >= 11 is 5.85. The van der Waals surface area contributed by atoms with Crippen LogP contribution in [0, 0.1) is 0 Å². The third-order valence-electron chi connectivity index (χ3n) is 4.21. The molecule has 3 amide bonds. The Morgan fingerprint density at radius 1 is 1.07 bits per heavy atom. The third kappa shape index (κ3) is 3.61. The van der Waals surface area contributed by atoms with Gasteiger partial charge in [0.2, 0.25) is 0 Å². The van der Waals surface area contributed by atoms with Crippen LogP contribution in [0.3, 0.4) is 0 Å². The van der Waals surface area contributed by atoms with E-state index < -0.39 is 29.8 Å². The molecule has 0 saturated carbocycles. The first-order valence-electron chi connectivity index (χ1n) is 8.60. The Labute approximate surface area is 166 Å². The Balaban J connectivity index is 1.84. The molecule has 1 atom stereocenters. The molecule has 7 nitrogen and oxygen atoms in total. The fraction of sp³-hybridized carbons (Fsp3) is 0.200. The van der Waals surface area contributed by atoms with Crippen molar-refractivity contribution in [2.24, 2.45) is 0 Å². The SMILES string of the molecule is CCNC(=O)[C@@H](C)OC(=O)c1ccc2c(c1)C(=O)N(c1ccc(Cl)cc1)C2=O. The van der Waals surface area contributed by atoms with Crippen molar-refractivity contribution in [2.75, 3.05) is 11.4 Å². The molecule has 0 saturated heterocycles. The van der Waals surface area contributed by atoms with Gasteiger partial charge >= 0.3 is 5.97 Å². The van der Waals surface area contributed by atoms with Gasteiger partial charge in [-0.2, -0.15) is 0 Å². The molecule has 1 aliphatic rings. The minimum absolute atomic E-state index is 0.0778. The zero-order chi connectivity index (χ0) is 20.4. The van der Waals surface area contributed by atoms with Gasteiger partial charge in [0, 0.05) is 11.6 Å².